The van der Waals surface area contributed by atoms with Crippen LogP contribution in [0.15, 0.2) is 53.0 Å². The standard InChI is InChI=1S/C18H21BrN2O2/c1-3-23-12-13-5-4-6-16(11-13)21-17(22)18(2,20)14-7-9-15(19)10-8-14/h4-11H,3,12,20H2,1-2H3,(H,21,22). The summed E-state index contributed by atoms with van der Waals surface area (Å²) in [6.45, 7) is 4.83. The Hall–Kier alpha value is -1.69. The Morgan fingerprint density at radius 3 is 2.61 bits per heavy atom. The molecule has 0 heterocycles. The number of hydrogen-bond acceptors (Lipinski definition) is 3. The van der Waals surface area contributed by atoms with Crippen molar-refractivity contribution in [2.24, 2.45) is 5.73 Å². The van der Waals surface area contributed by atoms with Crippen LogP contribution < -0.4 is 11.1 Å². The van der Waals surface area contributed by atoms with E-state index in [1.54, 1.807) is 6.92 Å². The first-order valence-electron chi connectivity index (χ1n) is 7.46. The van der Waals surface area contributed by atoms with Crippen molar-refractivity contribution in [3.63, 3.8) is 0 Å². The van der Waals surface area contributed by atoms with E-state index in [2.05, 4.69) is 21.2 Å². The molecule has 2 rings (SSSR count). The quantitative estimate of drug-likeness (QED) is 0.805. The van der Waals surface area contributed by atoms with E-state index in [0.29, 0.717) is 18.9 Å². The molecule has 0 spiro atoms. The van der Waals surface area contributed by atoms with Crippen LogP contribution in [0, 0.1) is 0 Å². The highest BCUT2D eigenvalue weighted by Gasteiger charge is 2.30. The number of ether oxygens (including phenoxy) is 1. The van der Waals surface area contributed by atoms with Gasteiger partial charge < -0.3 is 15.8 Å². The third-order valence-corrected chi connectivity index (χ3v) is 4.10. The molecular weight excluding hydrogens is 356 g/mol. The summed E-state index contributed by atoms with van der Waals surface area (Å²) in [6.07, 6.45) is 0. The number of carbonyl (C=O) groups excluding carboxylic acids is 1. The largest absolute Gasteiger partial charge is 0.377 e. The zero-order valence-electron chi connectivity index (χ0n) is 13.3. The molecule has 0 saturated carbocycles. The van der Waals surface area contributed by atoms with Gasteiger partial charge in [0.05, 0.1) is 6.61 Å². The lowest BCUT2D eigenvalue weighted by Crippen LogP contribution is -2.45. The summed E-state index contributed by atoms with van der Waals surface area (Å²) in [5.41, 5.74) is 7.60. The molecule has 0 fully saturated rings. The van der Waals surface area contributed by atoms with Crippen LogP contribution in [0.4, 0.5) is 5.69 Å². The van der Waals surface area contributed by atoms with Gasteiger partial charge in [-0.3, -0.25) is 4.79 Å². The lowest BCUT2D eigenvalue weighted by Gasteiger charge is -2.24. The normalized spacial score (nSPS) is 13.4. The molecule has 1 amide bonds. The van der Waals surface area contributed by atoms with Crippen molar-refractivity contribution in [3.05, 3.63) is 64.1 Å². The van der Waals surface area contributed by atoms with Gasteiger partial charge in [-0.05, 0) is 49.2 Å². The lowest BCUT2D eigenvalue weighted by atomic mass is 9.92. The zero-order valence-corrected chi connectivity index (χ0v) is 14.9. The van der Waals surface area contributed by atoms with E-state index in [4.69, 9.17) is 10.5 Å². The minimum Gasteiger partial charge on any atom is -0.377 e. The predicted molar refractivity (Wildman–Crippen MR) is 96.1 cm³/mol. The van der Waals surface area contributed by atoms with Crippen molar-refractivity contribution < 1.29 is 9.53 Å². The van der Waals surface area contributed by atoms with E-state index < -0.39 is 5.54 Å². The minimum atomic E-state index is -1.11. The summed E-state index contributed by atoms with van der Waals surface area (Å²) in [6, 6.07) is 15.0. The summed E-state index contributed by atoms with van der Waals surface area (Å²) in [5, 5.41) is 2.88. The number of anilines is 1. The minimum absolute atomic E-state index is 0.256. The third-order valence-electron chi connectivity index (χ3n) is 3.57. The molecule has 0 radical (unpaired) electrons. The number of nitrogens with two attached hydrogens (primary N) is 1. The second-order valence-corrected chi connectivity index (χ2v) is 6.42. The fourth-order valence-corrected chi connectivity index (χ4v) is 2.41. The molecule has 23 heavy (non-hydrogen) atoms. The van der Waals surface area contributed by atoms with Crippen molar-refractivity contribution in [2.45, 2.75) is 26.0 Å². The fourth-order valence-electron chi connectivity index (χ4n) is 2.15. The zero-order chi connectivity index (χ0) is 16.9. The second-order valence-electron chi connectivity index (χ2n) is 5.50. The topological polar surface area (TPSA) is 64.3 Å². The number of rotatable bonds is 6. The third kappa shape index (κ3) is 4.64. The number of nitrogens with one attached hydrogen (secondary N) is 1. The number of halogens is 1. The Morgan fingerprint density at radius 2 is 1.96 bits per heavy atom. The van der Waals surface area contributed by atoms with E-state index >= 15 is 0 Å². The van der Waals surface area contributed by atoms with Gasteiger partial charge in [-0.2, -0.15) is 0 Å². The number of carbonyl (C=O) groups is 1. The molecule has 0 bridgehead atoms. The highest BCUT2D eigenvalue weighted by molar-refractivity contribution is 9.10. The van der Waals surface area contributed by atoms with E-state index in [0.717, 1.165) is 15.6 Å². The monoisotopic (exact) mass is 376 g/mol. The predicted octanol–water partition coefficient (Wildman–Crippen LogP) is 3.80. The summed E-state index contributed by atoms with van der Waals surface area (Å²) in [4.78, 5) is 12.6. The molecule has 1 unspecified atom stereocenters. The Bertz CT molecular complexity index is 669. The SMILES string of the molecule is CCOCc1cccc(NC(=O)C(C)(N)c2ccc(Br)cc2)c1. The number of benzene rings is 2. The molecule has 4 nitrogen and oxygen atoms in total. The Labute approximate surface area is 145 Å². The second kappa shape index (κ2) is 7.73. The van der Waals surface area contributed by atoms with E-state index in [1.807, 2.05) is 55.5 Å². The van der Waals surface area contributed by atoms with Crippen molar-refractivity contribution >= 4 is 27.5 Å². The van der Waals surface area contributed by atoms with Crippen molar-refractivity contribution in [2.75, 3.05) is 11.9 Å². The summed E-state index contributed by atoms with van der Waals surface area (Å²) < 4.78 is 6.33. The van der Waals surface area contributed by atoms with Gasteiger partial charge in [-0.25, -0.2) is 0 Å². The van der Waals surface area contributed by atoms with Crippen molar-refractivity contribution in [3.8, 4) is 0 Å². The average Bonchev–Trinajstić information content (AvgIpc) is 2.53. The molecule has 0 aliphatic rings. The first kappa shape index (κ1) is 17.7. The van der Waals surface area contributed by atoms with Gasteiger partial charge in [0.15, 0.2) is 0 Å². The van der Waals surface area contributed by atoms with Crippen molar-refractivity contribution in [1.82, 2.24) is 0 Å². The molecule has 0 aromatic heterocycles. The van der Waals surface area contributed by atoms with E-state index in [-0.39, 0.29) is 5.91 Å². The van der Waals surface area contributed by atoms with Crippen LogP contribution in [0.3, 0.4) is 0 Å². The summed E-state index contributed by atoms with van der Waals surface area (Å²) in [7, 11) is 0. The molecule has 2 aromatic rings. The molecule has 0 aliphatic heterocycles. The fraction of sp³-hybridized carbons (Fsp3) is 0.278. The molecule has 5 heteroatoms. The van der Waals surface area contributed by atoms with Crippen LogP contribution in [0.25, 0.3) is 0 Å². The van der Waals surface area contributed by atoms with Crippen LogP contribution in [0.5, 0.6) is 0 Å². The van der Waals surface area contributed by atoms with Crippen LogP contribution in [0.1, 0.15) is 25.0 Å². The van der Waals surface area contributed by atoms with Gasteiger partial charge in [0.25, 0.3) is 0 Å². The summed E-state index contributed by atoms with van der Waals surface area (Å²) in [5.74, 6) is -0.256. The van der Waals surface area contributed by atoms with Gasteiger partial charge in [-0.1, -0.05) is 40.2 Å². The van der Waals surface area contributed by atoms with Crippen LogP contribution in [0.2, 0.25) is 0 Å². The number of amides is 1. The van der Waals surface area contributed by atoms with Gasteiger partial charge >= 0.3 is 0 Å². The molecule has 122 valence electrons. The molecule has 0 saturated heterocycles. The highest BCUT2D eigenvalue weighted by atomic mass is 79.9. The maximum absolute atomic E-state index is 12.6. The Kier molecular flexibility index (Phi) is 5.93. The van der Waals surface area contributed by atoms with E-state index in [9.17, 15) is 4.79 Å². The molecule has 3 N–H and O–H groups in total. The van der Waals surface area contributed by atoms with Gasteiger partial charge in [0.2, 0.25) is 5.91 Å². The maximum atomic E-state index is 12.6. The molecule has 2 aromatic carbocycles. The first-order valence-corrected chi connectivity index (χ1v) is 8.26. The lowest BCUT2D eigenvalue weighted by molar-refractivity contribution is -0.120. The van der Waals surface area contributed by atoms with Gasteiger partial charge in [0, 0.05) is 16.8 Å². The van der Waals surface area contributed by atoms with Gasteiger partial charge in [0.1, 0.15) is 5.54 Å². The van der Waals surface area contributed by atoms with Crippen LogP contribution in [-0.2, 0) is 21.7 Å². The summed E-state index contributed by atoms with van der Waals surface area (Å²) >= 11 is 3.38. The van der Waals surface area contributed by atoms with Crippen LogP contribution in [-0.4, -0.2) is 12.5 Å². The molecule has 1 atom stereocenters. The Balaban J connectivity index is 2.12. The molecular formula is C18H21BrN2O2. The first-order chi connectivity index (χ1) is 10.9. The van der Waals surface area contributed by atoms with E-state index in [1.165, 1.54) is 0 Å². The Morgan fingerprint density at radius 1 is 1.26 bits per heavy atom. The number of hydrogen-bond donors (Lipinski definition) is 2. The molecule has 0 aliphatic carbocycles. The smallest absolute Gasteiger partial charge is 0.248 e. The van der Waals surface area contributed by atoms with Gasteiger partial charge in [-0.15, -0.1) is 0 Å². The highest BCUT2D eigenvalue weighted by Crippen LogP contribution is 2.22. The average molecular weight is 377 g/mol. The van der Waals surface area contributed by atoms with Crippen molar-refractivity contribution in [1.29, 1.82) is 0 Å². The van der Waals surface area contributed by atoms with Crippen LogP contribution >= 0.6 is 15.9 Å². The maximum Gasteiger partial charge on any atom is 0.248 e.